The van der Waals surface area contributed by atoms with E-state index in [0.717, 1.165) is 11.5 Å². The molecule has 8 heteroatoms. The summed E-state index contributed by atoms with van der Waals surface area (Å²) in [5.41, 5.74) is 0.318. The quantitative estimate of drug-likeness (QED) is 0.886. The number of nitrogens with one attached hydrogen (secondary N) is 1. The van der Waals surface area contributed by atoms with E-state index in [9.17, 15) is 17.6 Å². The van der Waals surface area contributed by atoms with Gasteiger partial charge in [-0.15, -0.1) is 0 Å². The third-order valence-electron chi connectivity index (χ3n) is 3.53. The molecule has 1 fully saturated rings. The molecule has 1 aromatic carbocycles. The molecule has 0 spiro atoms. The molecular formula is C14H16ClFN2O3S. The van der Waals surface area contributed by atoms with Crippen LogP contribution in [0.4, 0.5) is 4.39 Å². The Bertz CT molecular complexity index is 693. The Morgan fingerprint density at radius 1 is 1.55 bits per heavy atom. The molecule has 0 radical (unpaired) electrons. The molecule has 0 bridgehead atoms. The summed E-state index contributed by atoms with van der Waals surface area (Å²) in [6, 6.07) is 3.84. The lowest BCUT2D eigenvalue weighted by Crippen LogP contribution is -2.32. The molecule has 1 amide bonds. The third kappa shape index (κ3) is 4.06. The minimum absolute atomic E-state index is 0.0367. The van der Waals surface area contributed by atoms with E-state index < -0.39 is 15.8 Å². The highest BCUT2D eigenvalue weighted by Gasteiger charge is 2.27. The monoisotopic (exact) mass is 346 g/mol. The molecule has 1 aliphatic rings. The number of rotatable bonds is 5. The standard InChI is InChI=1S/C14H16ClFN2O3S/c1-2-22(20,21)17-8-10-5-6-18(9-10)14(19)11-3-4-13(16)12(15)7-11/h2-4,7,10,17H,1,5-6,8-9H2/t10-/m1/s1. The molecule has 22 heavy (non-hydrogen) atoms. The fourth-order valence-electron chi connectivity index (χ4n) is 2.29. The van der Waals surface area contributed by atoms with E-state index in [1.807, 2.05) is 0 Å². The highest BCUT2D eigenvalue weighted by Crippen LogP contribution is 2.21. The predicted molar refractivity (Wildman–Crippen MR) is 82.5 cm³/mol. The van der Waals surface area contributed by atoms with Gasteiger partial charge in [0.15, 0.2) is 0 Å². The van der Waals surface area contributed by atoms with Gasteiger partial charge in [0.2, 0.25) is 10.0 Å². The second-order valence-corrected chi connectivity index (χ2v) is 7.21. The average Bonchev–Trinajstić information content (AvgIpc) is 2.96. The highest BCUT2D eigenvalue weighted by molar-refractivity contribution is 7.92. The van der Waals surface area contributed by atoms with Crippen LogP contribution < -0.4 is 4.72 Å². The van der Waals surface area contributed by atoms with Gasteiger partial charge in [-0.1, -0.05) is 18.2 Å². The van der Waals surface area contributed by atoms with Crippen LogP contribution in [0.5, 0.6) is 0 Å². The van der Waals surface area contributed by atoms with Gasteiger partial charge >= 0.3 is 0 Å². The Kier molecular flexibility index (Phi) is 5.20. The normalized spacial score (nSPS) is 18.5. The summed E-state index contributed by atoms with van der Waals surface area (Å²) in [5, 5.41) is 0.756. The average molecular weight is 347 g/mol. The number of halogens is 2. The summed E-state index contributed by atoms with van der Waals surface area (Å²) in [6.07, 6.45) is 0.695. The minimum atomic E-state index is -3.46. The molecule has 0 unspecified atom stereocenters. The number of hydrogen-bond donors (Lipinski definition) is 1. The van der Waals surface area contributed by atoms with Crippen molar-refractivity contribution in [2.45, 2.75) is 6.42 Å². The molecule has 1 heterocycles. The largest absolute Gasteiger partial charge is 0.338 e. The van der Waals surface area contributed by atoms with Crippen LogP contribution in [-0.4, -0.2) is 38.9 Å². The molecular weight excluding hydrogens is 331 g/mol. The molecule has 0 aliphatic carbocycles. The smallest absolute Gasteiger partial charge is 0.253 e. The zero-order valence-electron chi connectivity index (χ0n) is 11.8. The van der Waals surface area contributed by atoms with Gasteiger partial charge in [-0.05, 0) is 30.5 Å². The maximum Gasteiger partial charge on any atom is 0.253 e. The first-order valence-electron chi connectivity index (χ1n) is 6.69. The van der Waals surface area contributed by atoms with Crippen LogP contribution in [0.1, 0.15) is 16.8 Å². The molecule has 1 aromatic rings. The number of carbonyl (C=O) groups excluding carboxylic acids is 1. The maximum atomic E-state index is 13.1. The van der Waals surface area contributed by atoms with Crippen LogP contribution >= 0.6 is 11.6 Å². The zero-order chi connectivity index (χ0) is 16.3. The minimum Gasteiger partial charge on any atom is -0.338 e. The summed E-state index contributed by atoms with van der Waals surface area (Å²) in [5.74, 6) is -0.776. The molecule has 0 aromatic heterocycles. The molecule has 2 rings (SSSR count). The van der Waals surface area contributed by atoms with Crippen LogP contribution in [0, 0.1) is 11.7 Å². The van der Waals surface area contributed by atoms with Gasteiger partial charge in [-0.25, -0.2) is 17.5 Å². The number of nitrogens with zero attached hydrogens (tertiary/aromatic N) is 1. The lowest BCUT2D eigenvalue weighted by Gasteiger charge is -2.17. The number of amides is 1. The maximum absolute atomic E-state index is 13.1. The summed E-state index contributed by atoms with van der Waals surface area (Å²) >= 11 is 5.68. The Balaban J connectivity index is 1.96. The van der Waals surface area contributed by atoms with Gasteiger partial charge < -0.3 is 4.90 Å². The third-order valence-corrected chi connectivity index (χ3v) is 4.83. The first kappa shape index (κ1) is 16.9. The molecule has 1 atom stereocenters. The van der Waals surface area contributed by atoms with Gasteiger partial charge in [-0.2, -0.15) is 0 Å². The second kappa shape index (κ2) is 6.76. The zero-order valence-corrected chi connectivity index (χ0v) is 13.3. The van der Waals surface area contributed by atoms with Crippen molar-refractivity contribution in [3.05, 3.63) is 46.6 Å². The van der Waals surface area contributed by atoms with E-state index in [4.69, 9.17) is 11.6 Å². The van der Waals surface area contributed by atoms with Crippen LogP contribution in [0.3, 0.4) is 0 Å². The van der Waals surface area contributed by atoms with E-state index in [1.165, 1.54) is 12.1 Å². The van der Waals surface area contributed by atoms with Crippen LogP contribution in [0.25, 0.3) is 0 Å². The number of likely N-dealkylation sites (tertiary alicyclic amines) is 1. The molecule has 1 aliphatic heterocycles. The fraction of sp³-hybridized carbons (Fsp3) is 0.357. The summed E-state index contributed by atoms with van der Waals surface area (Å²) < 4.78 is 38.1. The summed E-state index contributed by atoms with van der Waals surface area (Å²) in [6.45, 7) is 4.43. The van der Waals surface area contributed by atoms with E-state index in [1.54, 1.807) is 4.90 Å². The topological polar surface area (TPSA) is 66.5 Å². The van der Waals surface area contributed by atoms with Gasteiger partial charge in [-0.3, -0.25) is 4.79 Å². The van der Waals surface area contributed by atoms with Crippen LogP contribution in [0.2, 0.25) is 5.02 Å². The lowest BCUT2D eigenvalue weighted by atomic mass is 10.1. The van der Waals surface area contributed by atoms with Crippen LogP contribution in [-0.2, 0) is 10.0 Å². The second-order valence-electron chi connectivity index (χ2n) is 5.09. The fourth-order valence-corrected chi connectivity index (χ4v) is 3.05. The first-order valence-corrected chi connectivity index (χ1v) is 8.61. The number of sulfonamides is 1. The Morgan fingerprint density at radius 3 is 2.91 bits per heavy atom. The van der Waals surface area contributed by atoms with Gasteiger partial charge in [0.1, 0.15) is 5.82 Å². The molecule has 0 saturated carbocycles. The Labute approximate surface area is 133 Å². The SMILES string of the molecule is C=CS(=O)(=O)NC[C@H]1CCN(C(=O)c2ccc(F)c(Cl)c2)C1. The van der Waals surface area contributed by atoms with Crippen LogP contribution in [0.15, 0.2) is 30.2 Å². The lowest BCUT2D eigenvalue weighted by molar-refractivity contribution is 0.0787. The van der Waals surface area contributed by atoms with E-state index in [2.05, 4.69) is 11.3 Å². The molecule has 5 nitrogen and oxygen atoms in total. The summed E-state index contributed by atoms with van der Waals surface area (Å²) in [4.78, 5) is 13.9. The van der Waals surface area contributed by atoms with Crippen molar-refractivity contribution in [2.75, 3.05) is 19.6 Å². The van der Waals surface area contributed by atoms with Crippen molar-refractivity contribution in [1.82, 2.24) is 9.62 Å². The number of hydrogen-bond acceptors (Lipinski definition) is 3. The van der Waals surface area contributed by atoms with Gasteiger partial charge in [0, 0.05) is 30.6 Å². The molecule has 120 valence electrons. The van der Waals surface area contributed by atoms with Crippen molar-refractivity contribution >= 4 is 27.5 Å². The number of carbonyl (C=O) groups is 1. The van der Waals surface area contributed by atoms with Crippen molar-refractivity contribution in [3.8, 4) is 0 Å². The van der Waals surface area contributed by atoms with Crippen molar-refractivity contribution in [3.63, 3.8) is 0 Å². The van der Waals surface area contributed by atoms with Crippen molar-refractivity contribution in [2.24, 2.45) is 5.92 Å². The first-order chi connectivity index (χ1) is 10.3. The number of benzene rings is 1. The predicted octanol–water partition coefficient (Wildman–Crippen LogP) is 2.00. The van der Waals surface area contributed by atoms with Crippen molar-refractivity contribution < 1.29 is 17.6 Å². The van der Waals surface area contributed by atoms with Crippen molar-refractivity contribution in [1.29, 1.82) is 0 Å². The van der Waals surface area contributed by atoms with E-state index >= 15 is 0 Å². The van der Waals surface area contributed by atoms with E-state index in [0.29, 0.717) is 25.1 Å². The Morgan fingerprint density at radius 2 is 2.27 bits per heavy atom. The molecule has 1 N–H and O–H groups in total. The van der Waals surface area contributed by atoms with Gasteiger partial charge in [0.05, 0.1) is 5.02 Å². The van der Waals surface area contributed by atoms with E-state index in [-0.39, 0.29) is 23.4 Å². The molecule has 1 saturated heterocycles. The van der Waals surface area contributed by atoms with Gasteiger partial charge in [0.25, 0.3) is 5.91 Å². The highest BCUT2D eigenvalue weighted by atomic mass is 35.5. The summed E-state index contributed by atoms with van der Waals surface area (Å²) in [7, 11) is -3.46. The Hall–Kier alpha value is -1.44.